The summed E-state index contributed by atoms with van der Waals surface area (Å²) in [6.07, 6.45) is 2.31. The molecule has 2 aliphatic heterocycles. The van der Waals surface area contributed by atoms with Gasteiger partial charge in [0, 0.05) is 32.5 Å². The van der Waals surface area contributed by atoms with E-state index in [-0.39, 0.29) is 23.4 Å². The third kappa shape index (κ3) is 10.6. The molecule has 0 aromatic carbocycles. The topological polar surface area (TPSA) is 89.9 Å². The first kappa shape index (κ1) is 20.3. The number of likely N-dealkylation sites (tertiary alicyclic amines) is 1. The van der Waals surface area contributed by atoms with E-state index in [0.717, 1.165) is 32.5 Å². The van der Waals surface area contributed by atoms with Crippen LogP contribution in [0.25, 0.3) is 0 Å². The van der Waals surface area contributed by atoms with E-state index in [9.17, 15) is 9.59 Å². The average molecular weight is 323 g/mol. The van der Waals surface area contributed by atoms with Crippen molar-refractivity contribution in [2.75, 3.05) is 26.2 Å². The number of carbonyl (C=O) groups is 2. The Kier molecular flexibility index (Phi) is 11.5. The van der Waals surface area contributed by atoms with E-state index in [4.69, 9.17) is 21.8 Å². The van der Waals surface area contributed by atoms with Gasteiger partial charge in [-0.05, 0) is 31.0 Å². The number of nitrogens with zero attached hydrogens (tertiary/aromatic N) is 1. The molecule has 0 aromatic rings. The van der Waals surface area contributed by atoms with Crippen molar-refractivity contribution in [1.29, 1.82) is 0 Å². The molecule has 2 aliphatic rings. The van der Waals surface area contributed by atoms with Crippen LogP contribution >= 0.6 is 11.6 Å². The molecule has 2 fully saturated rings. The summed E-state index contributed by atoms with van der Waals surface area (Å²) in [6, 6.07) is 0. The first-order valence-electron chi connectivity index (χ1n) is 7.43. The van der Waals surface area contributed by atoms with Gasteiger partial charge in [0.15, 0.2) is 0 Å². The SMILES string of the molecule is CCC(=O)Cl.CCC(=O)N1CC[C@@H](O)C1.O[C@@H]1CCNC1. The van der Waals surface area contributed by atoms with Crippen LogP contribution in [0.1, 0.15) is 39.5 Å². The molecule has 0 saturated carbocycles. The zero-order valence-corrected chi connectivity index (χ0v) is 13.6. The molecule has 0 bridgehead atoms. The van der Waals surface area contributed by atoms with Gasteiger partial charge in [-0.1, -0.05) is 13.8 Å². The summed E-state index contributed by atoms with van der Waals surface area (Å²) < 4.78 is 0. The van der Waals surface area contributed by atoms with Crippen molar-refractivity contribution in [3.8, 4) is 0 Å². The second kappa shape index (κ2) is 11.9. The van der Waals surface area contributed by atoms with Crippen LogP contribution in [0, 0.1) is 0 Å². The molecule has 2 saturated heterocycles. The van der Waals surface area contributed by atoms with E-state index in [1.807, 2.05) is 6.92 Å². The third-order valence-corrected chi connectivity index (χ3v) is 3.40. The van der Waals surface area contributed by atoms with Crippen molar-refractivity contribution >= 4 is 22.8 Å². The lowest BCUT2D eigenvalue weighted by Crippen LogP contribution is -2.28. The number of nitrogens with one attached hydrogen (secondary N) is 1. The number of aliphatic hydroxyl groups is 2. The summed E-state index contributed by atoms with van der Waals surface area (Å²) in [4.78, 5) is 22.3. The van der Waals surface area contributed by atoms with Gasteiger partial charge in [-0.15, -0.1) is 0 Å². The predicted octanol–water partition coefficient (Wildman–Crippen LogP) is 0.492. The Morgan fingerprint density at radius 2 is 1.81 bits per heavy atom. The maximum atomic E-state index is 11.0. The Morgan fingerprint density at radius 3 is 2.05 bits per heavy atom. The van der Waals surface area contributed by atoms with Gasteiger partial charge in [-0.3, -0.25) is 9.59 Å². The number of amides is 1. The molecule has 6 nitrogen and oxygen atoms in total. The summed E-state index contributed by atoms with van der Waals surface area (Å²) in [7, 11) is 0. The van der Waals surface area contributed by atoms with Gasteiger partial charge in [-0.25, -0.2) is 0 Å². The van der Waals surface area contributed by atoms with Crippen molar-refractivity contribution in [3.63, 3.8) is 0 Å². The quantitative estimate of drug-likeness (QED) is 0.644. The molecule has 2 heterocycles. The smallest absolute Gasteiger partial charge is 0.222 e. The molecule has 124 valence electrons. The van der Waals surface area contributed by atoms with Gasteiger partial charge in [0.05, 0.1) is 12.2 Å². The molecule has 0 aliphatic carbocycles. The zero-order chi connectivity index (χ0) is 16.3. The molecule has 0 spiro atoms. The van der Waals surface area contributed by atoms with E-state index < -0.39 is 0 Å². The second-order valence-corrected chi connectivity index (χ2v) is 5.41. The van der Waals surface area contributed by atoms with Crippen molar-refractivity contribution < 1.29 is 19.8 Å². The fraction of sp³-hybridized carbons (Fsp3) is 0.857. The molecule has 0 aromatic heterocycles. The van der Waals surface area contributed by atoms with Crippen LogP contribution in [0.3, 0.4) is 0 Å². The molecule has 21 heavy (non-hydrogen) atoms. The average Bonchev–Trinajstić information content (AvgIpc) is 3.10. The van der Waals surface area contributed by atoms with E-state index in [1.165, 1.54) is 0 Å². The van der Waals surface area contributed by atoms with E-state index in [1.54, 1.807) is 11.8 Å². The lowest BCUT2D eigenvalue weighted by molar-refractivity contribution is -0.130. The summed E-state index contributed by atoms with van der Waals surface area (Å²) in [5, 5.41) is 20.5. The molecular weight excluding hydrogens is 296 g/mol. The summed E-state index contributed by atoms with van der Waals surface area (Å²) in [5.74, 6) is 0.150. The largest absolute Gasteiger partial charge is 0.392 e. The molecule has 7 heteroatoms. The highest BCUT2D eigenvalue weighted by atomic mass is 35.5. The molecule has 0 unspecified atom stereocenters. The first-order valence-corrected chi connectivity index (χ1v) is 7.81. The van der Waals surface area contributed by atoms with Crippen molar-refractivity contribution in [2.24, 2.45) is 0 Å². The number of aliphatic hydroxyl groups excluding tert-OH is 2. The second-order valence-electron chi connectivity index (χ2n) is 4.99. The van der Waals surface area contributed by atoms with Gasteiger partial charge in [0.25, 0.3) is 0 Å². The van der Waals surface area contributed by atoms with Crippen LogP contribution in [-0.2, 0) is 9.59 Å². The summed E-state index contributed by atoms with van der Waals surface area (Å²) >= 11 is 4.82. The van der Waals surface area contributed by atoms with Crippen LogP contribution in [0.4, 0.5) is 0 Å². The van der Waals surface area contributed by atoms with Gasteiger partial charge >= 0.3 is 0 Å². The zero-order valence-electron chi connectivity index (χ0n) is 12.8. The highest BCUT2D eigenvalue weighted by molar-refractivity contribution is 6.63. The predicted molar refractivity (Wildman–Crippen MR) is 82.1 cm³/mol. The minimum absolute atomic E-state index is 0.0648. The van der Waals surface area contributed by atoms with Crippen LogP contribution in [-0.4, -0.2) is 64.6 Å². The van der Waals surface area contributed by atoms with Gasteiger partial charge in [0.1, 0.15) is 0 Å². The van der Waals surface area contributed by atoms with Crippen molar-refractivity contribution in [3.05, 3.63) is 0 Å². The number of halogens is 1. The first-order chi connectivity index (χ1) is 9.90. The maximum absolute atomic E-state index is 11.0. The summed E-state index contributed by atoms with van der Waals surface area (Å²) in [5.41, 5.74) is 0. The van der Waals surface area contributed by atoms with E-state index in [0.29, 0.717) is 19.4 Å². The van der Waals surface area contributed by atoms with Crippen LogP contribution in [0.15, 0.2) is 0 Å². The van der Waals surface area contributed by atoms with Crippen LogP contribution in [0.5, 0.6) is 0 Å². The minimum Gasteiger partial charge on any atom is -0.392 e. The number of β-amino-alcohol motifs (C(OH)–C–C–N with tert-alkyl or cyclic N) is 2. The number of hydrogen-bond acceptors (Lipinski definition) is 5. The molecule has 1 amide bonds. The lowest BCUT2D eigenvalue weighted by atomic mass is 10.3. The highest BCUT2D eigenvalue weighted by Gasteiger charge is 2.22. The van der Waals surface area contributed by atoms with Crippen molar-refractivity contribution in [2.45, 2.75) is 51.7 Å². The van der Waals surface area contributed by atoms with E-state index in [2.05, 4.69) is 5.32 Å². The Labute approximate surface area is 131 Å². The molecule has 2 atom stereocenters. The molecule has 0 radical (unpaired) electrons. The number of carbonyl (C=O) groups excluding carboxylic acids is 2. The fourth-order valence-electron chi connectivity index (χ4n) is 1.83. The lowest BCUT2D eigenvalue weighted by Gasteiger charge is -2.13. The standard InChI is InChI=1S/C7H13NO2.C4H9NO.C3H5ClO/c1-2-7(10)8-4-3-6(9)5-8;6-4-1-2-5-3-4;1-2-3(4)5/h6,9H,2-5H2,1H3;4-6H,1-3H2;2H2,1H3/t6-;4-;/m11./s1. The Balaban J connectivity index is 0.000000312. The third-order valence-electron chi connectivity index (χ3n) is 3.13. The fourth-order valence-corrected chi connectivity index (χ4v) is 1.83. The normalized spacial score (nSPS) is 23.8. The minimum atomic E-state index is -0.282. The van der Waals surface area contributed by atoms with Crippen LogP contribution < -0.4 is 5.32 Å². The summed E-state index contributed by atoms with van der Waals surface area (Å²) in [6.45, 7) is 6.60. The Morgan fingerprint density at radius 1 is 1.19 bits per heavy atom. The molecular formula is C14H27ClN2O4. The van der Waals surface area contributed by atoms with Gasteiger partial charge in [-0.2, -0.15) is 0 Å². The highest BCUT2D eigenvalue weighted by Crippen LogP contribution is 2.09. The maximum Gasteiger partial charge on any atom is 0.222 e. The van der Waals surface area contributed by atoms with Gasteiger partial charge < -0.3 is 20.4 Å². The van der Waals surface area contributed by atoms with Gasteiger partial charge in [0.2, 0.25) is 11.1 Å². The Hall–Kier alpha value is -0.690. The number of hydrogen-bond donors (Lipinski definition) is 3. The Bertz CT molecular complexity index is 309. The molecule has 3 N–H and O–H groups in total. The number of rotatable bonds is 2. The monoisotopic (exact) mass is 322 g/mol. The molecule has 2 rings (SSSR count). The van der Waals surface area contributed by atoms with Crippen LogP contribution in [0.2, 0.25) is 0 Å². The van der Waals surface area contributed by atoms with E-state index >= 15 is 0 Å². The van der Waals surface area contributed by atoms with Crippen molar-refractivity contribution in [1.82, 2.24) is 10.2 Å².